The molecule has 0 rings (SSSR count). The van der Waals surface area contributed by atoms with E-state index in [1.165, 1.54) is 12.8 Å². The van der Waals surface area contributed by atoms with E-state index in [-0.39, 0.29) is 11.6 Å². The van der Waals surface area contributed by atoms with Gasteiger partial charge in [-0.2, -0.15) is 0 Å². The molecular formula is C5H12AlBr2. The van der Waals surface area contributed by atoms with Crippen LogP contribution in [0.4, 0.5) is 0 Å². The molecule has 0 unspecified atom stereocenters. The van der Waals surface area contributed by atoms with E-state index >= 15 is 0 Å². The second-order valence-electron chi connectivity index (χ2n) is 1.31. The maximum Gasteiger partial charge on any atom is 0.435 e. The molecule has 0 amide bonds. The molecule has 0 N–H and O–H groups in total. The summed E-state index contributed by atoms with van der Waals surface area (Å²) in [5.41, 5.74) is 0. The third-order valence-corrected chi connectivity index (χ3v) is 0.604. The fraction of sp³-hybridized carbons (Fsp3) is 0.800. The van der Waals surface area contributed by atoms with Gasteiger partial charge in [-0.15, -0.1) is 0 Å². The molecule has 0 atom stereocenters. The summed E-state index contributed by atoms with van der Waals surface area (Å²) < 4.78 is 0. The maximum atomic E-state index is 3.68. The van der Waals surface area contributed by atoms with Gasteiger partial charge >= 0.3 is 11.6 Å². The van der Waals surface area contributed by atoms with Gasteiger partial charge in [0.2, 0.25) is 0 Å². The summed E-state index contributed by atoms with van der Waals surface area (Å²) in [4.78, 5) is 0. The highest BCUT2D eigenvalue weighted by atomic mass is 79.9. The molecule has 0 saturated heterocycles. The molecule has 0 heterocycles. The van der Waals surface area contributed by atoms with Crippen molar-refractivity contribution in [3.8, 4) is 0 Å². The Kier molecular flexibility index (Phi) is 24.1. The van der Waals surface area contributed by atoms with Crippen LogP contribution >= 0.6 is 28.1 Å². The first-order valence-corrected chi connectivity index (χ1v) is 10.5. The summed E-state index contributed by atoms with van der Waals surface area (Å²) in [5.74, 6) is 0. The quantitative estimate of drug-likeness (QED) is 0.668. The molecule has 0 aliphatic heterocycles. The zero-order chi connectivity index (χ0) is 6.83. The van der Waals surface area contributed by atoms with E-state index in [0.717, 1.165) is 6.42 Å². The Balaban J connectivity index is 0. The number of halogens is 2. The first kappa shape index (κ1) is 12.2. The lowest BCUT2D eigenvalue weighted by atomic mass is 10.3. The van der Waals surface area contributed by atoms with E-state index in [1.807, 2.05) is 0 Å². The van der Waals surface area contributed by atoms with Crippen molar-refractivity contribution in [2.24, 2.45) is 0 Å². The van der Waals surface area contributed by atoms with Crippen molar-refractivity contribution in [2.75, 3.05) is 0 Å². The van der Waals surface area contributed by atoms with Gasteiger partial charge in [0.25, 0.3) is 0 Å². The van der Waals surface area contributed by atoms with Crippen LogP contribution in [0.1, 0.15) is 26.2 Å². The zero-order valence-electron chi connectivity index (χ0n) is 5.29. The Labute approximate surface area is 72.4 Å². The van der Waals surface area contributed by atoms with Crippen LogP contribution < -0.4 is 0 Å². The molecule has 0 aromatic heterocycles. The topological polar surface area (TPSA) is 0 Å². The summed E-state index contributed by atoms with van der Waals surface area (Å²) in [6, 6.07) is 0. The lowest BCUT2D eigenvalue weighted by Gasteiger charge is -1.79. The highest BCUT2D eigenvalue weighted by Crippen LogP contribution is 1.87. The molecule has 1 radical (unpaired) electrons. The molecule has 3 heteroatoms. The molecule has 0 aromatic carbocycles. The lowest BCUT2D eigenvalue weighted by molar-refractivity contribution is 0.813. The summed E-state index contributed by atoms with van der Waals surface area (Å²) in [5, 5.41) is 0. The van der Waals surface area contributed by atoms with Crippen LogP contribution in [0.5, 0.6) is 0 Å². The predicted molar refractivity (Wildman–Crippen MR) is 49.9 cm³/mol. The smallest absolute Gasteiger partial charge is 0.203 e. The fourth-order valence-electron chi connectivity index (χ4n) is 0.250. The number of hydrogen-bond acceptors (Lipinski definition) is 0. The Morgan fingerprint density at radius 3 is 1.88 bits per heavy atom. The zero-order valence-corrected chi connectivity index (χ0v) is 9.88. The highest BCUT2D eigenvalue weighted by molar-refractivity contribution is 9.47. The Morgan fingerprint density at radius 2 is 1.88 bits per heavy atom. The highest BCUT2D eigenvalue weighted by Gasteiger charge is 1.68. The van der Waals surface area contributed by atoms with Gasteiger partial charge in [0.1, 0.15) is 0 Å². The van der Waals surface area contributed by atoms with Crippen LogP contribution in [0.2, 0.25) is 0 Å². The summed E-state index contributed by atoms with van der Waals surface area (Å²) >= 11 is 6.44. The molecule has 0 fully saturated rings. The van der Waals surface area contributed by atoms with Gasteiger partial charge in [-0.05, 0) is 0 Å². The van der Waals surface area contributed by atoms with E-state index < -0.39 is 0 Å². The van der Waals surface area contributed by atoms with E-state index in [4.69, 9.17) is 0 Å². The largest absolute Gasteiger partial charge is 0.435 e. The maximum absolute atomic E-state index is 3.68. The van der Waals surface area contributed by atoms with E-state index in [1.54, 1.807) is 0 Å². The normalized spacial score (nSPS) is 7.00. The minimum atomic E-state index is 0.0417. The number of unbranched alkanes of at least 4 members (excludes halogenated alkanes) is 2. The van der Waals surface area contributed by atoms with E-state index in [9.17, 15) is 0 Å². The fourth-order valence-corrected chi connectivity index (χ4v) is 0.250. The first-order valence-electron chi connectivity index (χ1n) is 2.74. The third-order valence-electron chi connectivity index (χ3n) is 0.604. The van der Waals surface area contributed by atoms with Crippen LogP contribution in [0.15, 0.2) is 0 Å². The van der Waals surface area contributed by atoms with Crippen molar-refractivity contribution in [1.29, 1.82) is 0 Å². The van der Waals surface area contributed by atoms with Crippen LogP contribution in [0.25, 0.3) is 0 Å². The van der Waals surface area contributed by atoms with Gasteiger partial charge < -0.3 is 0 Å². The standard InChI is InChI=1S/C5H11.Al.2BrH.H/c1-3-5-4-2;;;;/h1,3-5H2,2H3;;2*1H;/q;+2;;;/p-2. The predicted octanol–water partition coefficient (Wildman–Crippen LogP) is 3.05. The molecule has 0 aromatic rings. The Morgan fingerprint density at radius 1 is 1.50 bits per heavy atom. The molecule has 0 saturated carbocycles. The van der Waals surface area contributed by atoms with Gasteiger partial charge in [0, 0.05) is 0 Å². The Bertz CT molecular complexity index is 24.4. The van der Waals surface area contributed by atoms with Gasteiger partial charge in [0.05, 0.1) is 0 Å². The summed E-state index contributed by atoms with van der Waals surface area (Å²) in [7, 11) is 0. The molecule has 0 aliphatic carbocycles. The minimum Gasteiger partial charge on any atom is -0.203 e. The van der Waals surface area contributed by atoms with Crippen molar-refractivity contribution in [3.63, 3.8) is 0 Å². The number of hydrogen-bond donors (Lipinski definition) is 0. The van der Waals surface area contributed by atoms with Crippen molar-refractivity contribution in [2.45, 2.75) is 26.2 Å². The van der Waals surface area contributed by atoms with Crippen molar-refractivity contribution in [1.82, 2.24) is 0 Å². The van der Waals surface area contributed by atoms with Gasteiger partial charge in [-0.3, -0.25) is 0 Å². The molecule has 49 valence electrons. The van der Waals surface area contributed by atoms with Crippen LogP contribution in [-0.4, -0.2) is 11.6 Å². The number of rotatable bonds is 2. The molecule has 0 aliphatic rings. The molecule has 0 spiro atoms. The summed E-state index contributed by atoms with van der Waals surface area (Å²) in [6.07, 6.45) is 3.65. The van der Waals surface area contributed by atoms with Gasteiger partial charge in [-0.1, -0.05) is 33.1 Å². The van der Waals surface area contributed by atoms with Gasteiger partial charge in [0.15, 0.2) is 0 Å². The SMILES string of the molecule is [Br][AlH][Br].[CH2]CCCC. The summed E-state index contributed by atoms with van der Waals surface area (Å²) in [6.45, 7) is 5.85. The first-order chi connectivity index (χ1) is 3.83. The van der Waals surface area contributed by atoms with Gasteiger partial charge in [-0.25, -0.2) is 28.1 Å². The average Bonchev–Trinajstić information content (AvgIpc) is 1.71. The Hall–Kier alpha value is 1.49. The van der Waals surface area contributed by atoms with Crippen LogP contribution in [0.3, 0.4) is 0 Å². The monoisotopic (exact) mass is 257 g/mol. The van der Waals surface area contributed by atoms with Crippen LogP contribution in [0, 0.1) is 6.92 Å². The van der Waals surface area contributed by atoms with Crippen LogP contribution in [-0.2, 0) is 0 Å². The molecular weight excluding hydrogens is 247 g/mol. The minimum absolute atomic E-state index is 0.0417. The lowest BCUT2D eigenvalue weighted by Crippen LogP contribution is -1.59. The second-order valence-corrected chi connectivity index (χ2v) is 9.39. The average molecular weight is 259 g/mol. The molecule has 0 bridgehead atoms. The van der Waals surface area contributed by atoms with Crippen molar-refractivity contribution < 1.29 is 0 Å². The van der Waals surface area contributed by atoms with E-state index in [0.29, 0.717) is 0 Å². The van der Waals surface area contributed by atoms with Crippen molar-refractivity contribution in [3.05, 3.63) is 6.92 Å². The van der Waals surface area contributed by atoms with Crippen molar-refractivity contribution >= 4 is 39.7 Å². The van der Waals surface area contributed by atoms with E-state index in [2.05, 4.69) is 42.0 Å². The molecule has 0 nitrogen and oxygen atoms in total. The third kappa shape index (κ3) is 25.9. The second kappa shape index (κ2) is 15.8. The molecule has 8 heavy (non-hydrogen) atoms.